The maximum atomic E-state index is 11.9. The van der Waals surface area contributed by atoms with Gasteiger partial charge in [0.15, 0.2) is 0 Å². The van der Waals surface area contributed by atoms with Gasteiger partial charge in [0.2, 0.25) is 5.95 Å². The highest BCUT2D eigenvalue weighted by molar-refractivity contribution is 5.69. The summed E-state index contributed by atoms with van der Waals surface area (Å²) in [5.41, 5.74) is 5.36. The van der Waals surface area contributed by atoms with Gasteiger partial charge in [0.05, 0.1) is 12.2 Å². The first-order valence-corrected chi connectivity index (χ1v) is 7.14. The average Bonchev–Trinajstić information content (AvgIpc) is 2.99. The summed E-state index contributed by atoms with van der Waals surface area (Å²) in [5, 5.41) is 3.87. The Hall–Kier alpha value is -1.63. The molecule has 7 nitrogen and oxygen atoms in total. The number of anilines is 1. The lowest BCUT2D eigenvalue weighted by molar-refractivity contribution is -0.166. The van der Waals surface area contributed by atoms with Crippen molar-refractivity contribution < 1.29 is 14.3 Å². The summed E-state index contributed by atoms with van der Waals surface area (Å²) in [5.74, 6) is -0.135. The van der Waals surface area contributed by atoms with Crippen molar-refractivity contribution in [2.45, 2.75) is 56.8 Å². The number of hydrogen-bond acceptors (Lipinski definition) is 6. The number of carbonyl (C=O) groups excluding carboxylic acids is 1. The first kappa shape index (κ1) is 13.4. The van der Waals surface area contributed by atoms with Gasteiger partial charge in [-0.05, 0) is 12.8 Å². The van der Waals surface area contributed by atoms with Gasteiger partial charge < -0.3 is 15.2 Å². The molecule has 1 aromatic heterocycles. The second-order valence-electron chi connectivity index (χ2n) is 5.64. The minimum absolute atomic E-state index is 0.0408. The predicted molar refractivity (Wildman–Crippen MR) is 70.7 cm³/mol. The molecule has 0 aromatic carbocycles. The van der Waals surface area contributed by atoms with Crippen LogP contribution in [0.5, 0.6) is 0 Å². The molecule has 1 spiro atoms. The van der Waals surface area contributed by atoms with E-state index in [9.17, 15) is 4.79 Å². The second kappa shape index (κ2) is 5.40. The molecule has 0 radical (unpaired) electrons. The molecule has 0 bridgehead atoms. The van der Waals surface area contributed by atoms with Crippen molar-refractivity contribution in [1.82, 2.24) is 14.8 Å². The second-order valence-corrected chi connectivity index (χ2v) is 5.64. The molecule has 20 heavy (non-hydrogen) atoms. The summed E-state index contributed by atoms with van der Waals surface area (Å²) in [7, 11) is 0. The van der Waals surface area contributed by atoms with E-state index in [4.69, 9.17) is 15.2 Å². The van der Waals surface area contributed by atoms with Gasteiger partial charge in [-0.15, -0.1) is 5.10 Å². The summed E-state index contributed by atoms with van der Waals surface area (Å²) in [4.78, 5) is 15.7. The molecule has 2 N–H and O–H groups in total. The van der Waals surface area contributed by atoms with Crippen LogP contribution in [0.4, 0.5) is 5.95 Å². The van der Waals surface area contributed by atoms with Gasteiger partial charge in [0.1, 0.15) is 19.0 Å². The molecule has 1 aliphatic carbocycles. The van der Waals surface area contributed by atoms with Gasteiger partial charge in [0.25, 0.3) is 0 Å². The van der Waals surface area contributed by atoms with Crippen LogP contribution < -0.4 is 5.73 Å². The quantitative estimate of drug-likeness (QED) is 0.827. The lowest BCUT2D eigenvalue weighted by Crippen LogP contribution is -2.41. The first-order valence-electron chi connectivity index (χ1n) is 7.14. The van der Waals surface area contributed by atoms with E-state index < -0.39 is 0 Å². The third-order valence-corrected chi connectivity index (χ3v) is 4.11. The molecule has 1 saturated carbocycles. The van der Waals surface area contributed by atoms with Crippen molar-refractivity contribution in [1.29, 1.82) is 0 Å². The fourth-order valence-corrected chi connectivity index (χ4v) is 3.19. The van der Waals surface area contributed by atoms with Crippen LogP contribution in [0.3, 0.4) is 0 Å². The van der Waals surface area contributed by atoms with Crippen LogP contribution in [0.2, 0.25) is 0 Å². The minimum Gasteiger partial charge on any atom is -0.461 e. The van der Waals surface area contributed by atoms with Crippen LogP contribution in [-0.4, -0.2) is 39.0 Å². The largest absolute Gasteiger partial charge is 0.461 e. The number of nitrogens with zero attached hydrogens (tertiary/aromatic N) is 3. The number of rotatable bonds is 3. The highest BCUT2D eigenvalue weighted by Gasteiger charge is 2.41. The van der Waals surface area contributed by atoms with E-state index in [1.807, 2.05) is 0 Å². The normalized spacial score (nSPS) is 24.9. The van der Waals surface area contributed by atoms with E-state index >= 15 is 0 Å². The van der Waals surface area contributed by atoms with Crippen LogP contribution in [0, 0.1) is 0 Å². The number of nitrogens with two attached hydrogens (primary N) is 1. The van der Waals surface area contributed by atoms with Crippen LogP contribution in [-0.2, 0) is 20.8 Å². The molecule has 2 fully saturated rings. The van der Waals surface area contributed by atoms with Crippen molar-refractivity contribution in [3.8, 4) is 0 Å². The van der Waals surface area contributed by atoms with Gasteiger partial charge in [-0.25, -0.2) is 9.67 Å². The summed E-state index contributed by atoms with van der Waals surface area (Å²) in [6.45, 7) is 0.725. The predicted octanol–water partition coefficient (Wildman–Crippen LogP) is 0.895. The van der Waals surface area contributed by atoms with Crippen molar-refractivity contribution in [2.24, 2.45) is 0 Å². The summed E-state index contributed by atoms with van der Waals surface area (Å²) in [6, 6.07) is 0. The molecule has 2 heterocycles. The number of esters is 1. The van der Waals surface area contributed by atoms with Crippen molar-refractivity contribution in [2.75, 3.05) is 12.3 Å². The van der Waals surface area contributed by atoms with Gasteiger partial charge in [0, 0.05) is 12.8 Å². The molecule has 1 saturated heterocycles. The highest BCUT2D eigenvalue weighted by atomic mass is 16.6. The van der Waals surface area contributed by atoms with E-state index in [2.05, 4.69) is 10.1 Å². The zero-order valence-electron chi connectivity index (χ0n) is 11.5. The SMILES string of the molecule is Nc1ncn(CC(=O)OC2CCOC3(CCCC3)C2)n1. The first-order chi connectivity index (χ1) is 9.65. The van der Waals surface area contributed by atoms with E-state index in [-0.39, 0.29) is 30.2 Å². The van der Waals surface area contributed by atoms with Gasteiger partial charge in [-0.2, -0.15) is 0 Å². The van der Waals surface area contributed by atoms with Crippen molar-refractivity contribution in [3.05, 3.63) is 6.33 Å². The van der Waals surface area contributed by atoms with Crippen LogP contribution >= 0.6 is 0 Å². The molecule has 7 heteroatoms. The smallest absolute Gasteiger partial charge is 0.328 e. The fraction of sp³-hybridized carbons (Fsp3) is 0.769. The summed E-state index contributed by atoms with van der Waals surface area (Å²) < 4.78 is 12.9. The van der Waals surface area contributed by atoms with E-state index in [1.54, 1.807) is 0 Å². The maximum Gasteiger partial charge on any atom is 0.328 e. The molecule has 1 atom stereocenters. The third kappa shape index (κ3) is 2.92. The van der Waals surface area contributed by atoms with Crippen LogP contribution in [0.1, 0.15) is 38.5 Å². The van der Waals surface area contributed by atoms with Gasteiger partial charge in [-0.3, -0.25) is 4.79 Å². The number of ether oxygens (including phenoxy) is 2. The Balaban J connectivity index is 1.53. The molecular formula is C13H20N4O3. The molecule has 1 aromatic rings. The van der Waals surface area contributed by atoms with Crippen LogP contribution in [0.15, 0.2) is 6.33 Å². The molecule has 2 aliphatic rings. The third-order valence-electron chi connectivity index (χ3n) is 4.11. The minimum atomic E-state index is -0.296. The standard InChI is InChI=1S/C13H20N4O3/c14-12-15-9-17(16-12)8-11(18)20-10-3-6-19-13(7-10)4-1-2-5-13/h9-10H,1-8H2,(H2,14,16). The molecule has 3 rings (SSSR count). The van der Waals surface area contributed by atoms with Crippen LogP contribution in [0.25, 0.3) is 0 Å². The van der Waals surface area contributed by atoms with E-state index in [1.165, 1.54) is 23.9 Å². The average molecular weight is 280 g/mol. The van der Waals surface area contributed by atoms with Gasteiger partial charge in [-0.1, -0.05) is 12.8 Å². The van der Waals surface area contributed by atoms with Crippen molar-refractivity contribution in [3.63, 3.8) is 0 Å². The molecule has 110 valence electrons. The maximum absolute atomic E-state index is 11.9. The lowest BCUT2D eigenvalue weighted by Gasteiger charge is -2.37. The molecule has 0 amide bonds. The Morgan fingerprint density at radius 1 is 1.55 bits per heavy atom. The monoisotopic (exact) mass is 280 g/mol. The Kier molecular flexibility index (Phi) is 3.60. The number of carbonyl (C=O) groups is 1. The fourth-order valence-electron chi connectivity index (χ4n) is 3.19. The Bertz CT molecular complexity index is 482. The zero-order valence-corrected chi connectivity index (χ0v) is 11.5. The summed E-state index contributed by atoms with van der Waals surface area (Å²) in [6.07, 6.45) is 7.55. The highest BCUT2D eigenvalue weighted by Crippen LogP contribution is 2.40. The van der Waals surface area contributed by atoms with Crippen molar-refractivity contribution >= 4 is 11.9 Å². The number of aromatic nitrogens is 3. The van der Waals surface area contributed by atoms with Gasteiger partial charge >= 0.3 is 5.97 Å². The van der Waals surface area contributed by atoms with E-state index in [0.29, 0.717) is 6.61 Å². The van der Waals surface area contributed by atoms with E-state index in [0.717, 1.165) is 25.7 Å². The number of nitrogen functional groups attached to an aromatic ring is 1. The molecule has 1 unspecified atom stereocenters. The summed E-state index contributed by atoms with van der Waals surface area (Å²) >= 11 is 0. The lowest BCUT2D eigenvalue weighted by atomic mass is 9.90. The Morgan fingerprint density at radius 3 is 3.05 bits per heavy atom. The molecular weight excluding hydrogens is 260 g/mol. The number of hydrogen-bond donors (Lipinski definition) is 1. The zero-order chi connectivity index (χ0) is 14.0. The topological polar surface area (TPSA) is 92.3 Å². The Morgan fingerprint density at radius 2 is 2.35 bits per heavy atom. The molecule has 1 aliphatic heterocycles. The Labute approximate surface area is 117 Å².